The summed E-state index contributed by atoms with van der Waals surface area (Å²) in [5, 5.41) is 19.9. The Labute approximate surface area is 215 Å². The number of aromatic hydroxyl groups is 1. The van der Waals surface area contributed by atoms with Crippen LogP contribution in [0.15, 0.2) is 42.5 Å². The number of nitrogens with zero attached hydrogens (tertiary/aromatic N) is 1. The predicted molar refractivity (Wildman–Crippen MR) is 143 cm³/mol. The molecule has 0 amide bonds. The van der Waals surface area contributed by atoms with Gasteiger partial charge in [-0.2, -0.15) is 0 Å². The number of carbonyl (C=O) groups is 2. The van der Waals surface area contributed by atoms with Gasteiger partial charge < -0.3 is 14.7 Å². The van der Waals surface area contributed by atoms with Gasteiger partial charge in [0.2, 0.25) is 0 Å². The van der Waals surface area contributed by atoms with Gasteiger partial charge in [0.1, 0.15) is 17.6 Å². The zero-order valence-electron chi connectivity index (χ0n) is 22.6. The van der Waals surface area contributed by atoms with Gasteiger partial charge in [-0.05, 0) is 48.3 Å². The van der Waals surface area contributed by atoms with Crippen molar-refractivity contribution in [3.8, 4) is 5.75 Å². The highest BCUT2D eigenvalue weighted by molar-refractivity contribution is 6.02. The Morgan fingerprint density at radius 3 is 2.08 bits per heavy atom. The Bertz CT molecular complexity index is 1090. The molecule has 1 aliphatic rings. The van der Waals surface area contributed by atoms with E-state index in [4.69, 9.17) is 10.1 Å². The molecule has 194 valence electrons. The van der Waals surface area contributed by atoms with Gasteiger partial charge in [-0.25, -0.2) is 4.79 Å². The molecule has 1 fully saturated rings. The summed E-state index contributed by atoms with van der Waals surface area (Å²) in [5.41, 5.74) is 2.25. The number of rotatable bonds is 7. The zero-order chi connectivity index (χ0) is 26.8. The average molecular weight is 493 g/mol. The lowest BCUT2D eigenvalue weighted by Gasteiger charge is -2.29. The molecular weight excluding hydrogens is 452 g/mol. The molecule has 2 atom stereocenters. The predicted octanol–water partition coefficient (Wildman–Crippen LogP) is 5.64. The number of hydrogen-bond acceptors (Lipinski definition) is 5. The molecular formula is C30H40N2O4. The fourth-order valence-electron chi connectivity index (χ4n) is 4.83. The first-order valence-corrected chi connectivity index (χ1v) is 12.7. The highest BCUT2D eigenvalue weighted by Crippen LogP contribution is 2.40. The molecule has 2 unspecified atom stereocenters. The van der Waals surface area contributed by atoms with Crippen molar-refractivity contribution in [1.82, 2.24) is 4.90 Å². The van der Waals surface area contributed by atoms with E-state index in [1.165, 1.54) is 0 Å². The van der Waals surface area contributed by atoms with Gasteiger partial charge in [0.05, 0.1) is 13.2 Å². The molecule has 0 bridgehead atoms. The SMILES string of the molecule is CCOC(=O)C1CC(Cc2ccccc2)C(=N)N1CC(=O)c1cc(C(C)(C)C)c(O)c(C(C)(C)C)c1. The van der Waals surface area contributed by atoms with E-state index in [-0.39, 0.29) is 47.3 Å². The van der Waals surface area contributed by atoms with Crippen LogP contribution in [0.2, 0.25) is 0 Å². The number of carbonyl (C=O) groups excluding carboxylic acids is 2. The number of likely N-dealkylation sites (tertiary alicyclic amines) is 1. The average Bonchev–Trinajstić information content (AvgIpc) is 3.08. The number of nitrogens with one attached hydrogen (secondary N) is 1. The molecule has 1 saturated heterocycles. The number of phenolic OH excluding ortho intramolecular Hbond substituents is 1. The maximum atomic E-state index is 13.6. The lowest BCUT2D eigenvalue weighted by molar-refractivity contribution is -0.147. The number of phenols is 1. The van der Waals surface area contributed by atoms with E-state index in [0.717, 1.165) is 5.56 Å². The van der Waals surface area contributed by atoms with Gasteiger partial charge in [-0.15, -0.1) is 0 Å². The normalized spacial score (nSPS) is 18.4. The summed E-state index contributed by atoms with van der Waals surface area (Å²) in [6.07, 6.45) is 1.07. The van der Waals surface area contributed by atoms with Gasteiger partial charge in [0, 0.05) is 22.6 Å². The molecule has 0 spiro atoms. The number of ether oxygens (including phenoxy) is 1. The number of amidine groups is 1. The van der Waals surface area contributed by atoms with Crippen LogP contribution in [0.5, 0.6) is 5.75 Å². The van der Waals surface area contributed by atoms with Gasteiger partial charge >= 0.3 is 5.97 Å². The summed E-state index contributed by atoms with van der Waals surface area (Å²) in [6.45, 7) is 13.9. The largest absolute Gasteiger partial charge is 0.507 e. The van der Waals surface area contributed by atoms with E-state index >= 15 is 0 Å². The third-order valence-corrected chi connectivity index (χ3v) is 6.83. The molecule has 2 aromatic rings. The van der Waals surface area contributed by atoms with Crippen LogP contribution in [0.4, 0.5) is 0 Å². The number of hydrogen-bond donors (Lipinski definition) is 2. The second-order valence-electron chi connectivity index (χ2n) is 11.7. The minimum absolute atomic E-state index is 0.0917. The van der Waals surface area contributed by atoms with Crippen molar-refractivity contribution < 1.29 is 19.4 Å². The molecule has 2 N–H and O–H groups in total. The smallest absolute Gasteiger partial charge is 0.328 e. The standard InChI is InChI=1S/C30H40N2O4/c1-8-36-28(35)24-17-21(14-19-12-10-9-11-13-19)27(31)32(24)18-25(33)20-15-22(29(2,3)4)26(34)23(16-20)30(5,6)7/h9-13,15-16,21,24,31,34H,8,14,17-18H2,1-7H3. The maximum absolute atomic E-state index is 13.6. The number of Topliss-reactive ketones (excluding diaryl/α,β-unsaturated/α-hetero) is 1. The summed E-state index contributed by atoms with van der Waals surface area (Å²) in [6, 6.07) is 12.7. The van der Waals surface area contributed by atoms with Crippen molar-refractivity contribution in [2.75, 3.05) is 13.2 Å². The van der Waals surface area contributed by atoms with E-state index in [2.05, 4.69) is 0 Å². The van der Waals surface area contributed by atoms with E-state index in [1.54, 1.807) is 24.0 Å². The fourth-order valence-corrected chi connectivity index (χ4v) is 4.83. The first-order chi connectivity index (χ1) is 16.7. The van der Waals surface area contributed by atoms with E-state index in [9.17, 15) is 14.7 Å². The van der Waals surface area contributed by atoms with Crippen LogP contribution in [-0.4, -0.2) is 46.8 Å². The molecule has 36 heavy (non-hydrogen) atoms. The van der Waals surface area contributed by atoms with Gasteiger partial charge in [-0.1, -0.05) is 71.9 Å². The van der Waals surface area contributed by atoms with Crippen LogP contribution in [0.3, 0.4) is 0 Å². The summed E-state index contributed by atoms with van der Waals surface area (Å²) in [4.78, 5) is 28.1. The van der Waals surface area contributed by atoms with Crippen LogP contribution in [0, 0.1) is 11.3 Å². The summed E-state index contributed by atoms with van der Waals surface area (Å²) in [5.74, 6) is -0.263. The lowest BCUT2D eigenvalue weighted by atomic mass is 9.78. The molecule has 3 rings (SSSR count). The maximum Gasteiger partial charge on any atom is 0.328 e. The van der Waals surface area contributed by atoms with Crippen molar-refractivity contribution in [3.05, 3.63) is 64.7 Å². The highest BCUT2D eigenvalue weighted by atomic mass is 16.5. The molecule has 1 heterocycles. The number of esters is 1. The van der Waals surface area contributed by atoms with Crippen LogP contribution >= 0.6 is 0 Å². The van der Waals surface area contributed by atoms with Crippen LogP contribution in [-0.2, 0) is 26.8 Å². The van der Waals surface area contributed by atoms with Gasteiger partial charge in [0.15, 0.2) is 5.78 Å². The third-order valence-electron chi connectivity index (χ3n) is 6.83. The van der Waals surface area contributed by atoms with Crippen molar-refractivity contribution in [3.63, 3.8) is 0 Å². The summed E-state index contributed by atoms with van der Waals surface area (Å²) >= 11 is 0. The molecule has 0 aromatic heterocycles. The molecule has 6 heteroatoms. The van der Waals surface area contributed by atoms with Crippen LogP contribution in [0.25, 0.3) is 0 Å². The first kappa shape index (κ1) is 27.4. The first-order valence-electron chi connectivity index (χ1n) is 12.7. The lowest BCUT2D eigenvalue weighted by Crippen LogP contribution is -2.42. The monoisotopic (exact) mass is 492 g/mol. The second kappa shape index (κ2) is 10.5. The quantitative estimate of drug-likeness (QED) is 0.385. The minimum atomic E-state index is -0.670. The van der Waals surface area contributed by atoms with E-state index < -0.39 is 12.0 Å². The Morgan fingerprint density at radius 1 is 1.03 bits per heavy atom. The van der Waals surface area contributed by atoms with Gasteiger partial charge in [0.25, 0.3) is 0 Å². The molecule has 2 aromatic carbocycles. The Kier molecular flexibility index (Phi) is 7.97. The minimum Gasteiger partial charge on any atom is -0.507 e. The second-order valence-corrected chi connectivity index (χ2v) is 11.7. The van der Waals surface area contributed by atoms with Gasteiger partial charge in [-0.3, -0.25) is 10.2 Å². The number of benzene rings is 2. The molecule has 6 nitrogen and oxygen atoms in total. The molecule has 0 aliphatic carbocycles. The summed E-state index contributed by atoms with van der Waals surface area (Å²) < 4.78 is 5.31. The Hall–Kier alpha value is -3.15. The molecule has 0 radical (unpaired) electrons. The van der Waals surface area contributed by atoms with Crippen LogP contribution in [0.1, 0.15) is 81.9 Å². The number of ketones is 1. The fraction of sp³-hybridized carbons (Fsp3) is 0.500. The molecule has 0 saturated carbocycles. The Balaban J connectivity index is 1.95. The highest BCUT2D eigenvalue weighted by Gasteiger charge is 2.42. The van der Waals surface area contributed by atoms with Crippen molar-refractivity contribution in [2.24, 2.45) is 5.92 Å². The Morgan fingerprint density at radius 2 is 1.58 bits per heavy atom. The van der Waals surface area contributed by atoms with E-state index in [0.29, 0.717) is 29.5 Å². The van der Waals surface area contributed by atoms with Crippen LogP contribution < -0.4 is 0 Å². The van der Waals surface area contributed by atoms with Crippen molar-refractivity contribution >= 4 is 17.6 Å². The molecule has 1 aliphatic heterocycles. The summed E-state index contributed by atoms with van der Waals surface area (Å²) in [7, 11) is 0. The van der Waals surface area contributed by atoms with Crippen molar-refractivity contribution in [2.45, 2.75) is 78.2 Å². The topological polar surface area (TPSA) is 90.7 Å². The van der Waals surface area contributed by atoms with Crippen molar-refractivity contribution in [1.29, 1.82) is 5.41 Å². The third kappa shape index (κ3) is 5.97. The zero-order valence-corrected chi connectivity index (χ0v) is 22.6. The van der Waals surface area contributed by atoms with E-state index in [1.807, 2.05) is 71.9 Å².